The first-order valence-corrected chi connectivity index (χ1v) is 13.3. The quantitative estimate of drug-likeness (QED) is 0.273. The molecule has 0 aliphatic heterocycles. The minimum atomic E-state index is -3.90. The van der Waals surface area contributed by atoms with Crippen LogP contribution < -0.4 is 9.47 Å². The zero-order chi connectivity index (χ0) is 25.8. The molecule has 0 amide bonds. The van der Waals surface area contributed by atoms with E-state index in [-0.39, 0.29) is 24.6 Å². The summed E-state index contributed by atoms with van der Waals surface area (Å²) in [5.74, 6) is 1.12. The van der Waals surface area contributed by atoms with Crippen molar-refractivity contribution in [3.05, 3.63) is 103 Å². The van der Waals surface area contributed by atoms with Gasteiger partial charge in [-0.05, 0) is 54.1 Å². The second-order valence-electron chi connectivity index (χ2n) is 8.68. The molecule has 0 fully saturated rings. The SMILES string of the molecule is COc1ccc(S(=O)(=O)N(Cc2ccccc2)C[C@@H](O)COc2ccc3oc4ccccc4c3c2)cc1. The minimum Gasteiger partial charge on any atom is -0.497 e. The molecule has 5 aromatic rings. The van der Waals surface area contributed by atoms with Crippen LogP contribution in [0.1, 0.15) is 5.56 Å². The first kappa shape index (κ1) is 24.8. The molecule has 4 aromatic carbocycles. The number of furan rings is 1. The molecule has 0 radical (unpaired) electrons. The van der Waals surface area contributed by atoms with Crippen LogP contribution in [0.3, 0.4) is 0 Å². The fourth-order valence-corrected chi connectivity index (χ4v) is 5.67. The van der Waals surface area contributed by atoms with Gasteiger partial charge in [0.15, 0.2) is 0 Å². The van der Waals surface area contributed by atoms with Crippen LogP contribution in [-0.4, -0.2) is 44.2 Å². The van der Waals surface area contributed by atoms with Crippen LogP contribution >= 0.6 is 0 Å². The summed E-state index contributed by atoms with van der Waals surface area (Å²) in [4.78, 5) is 0.120. The van der Waals surface area contributed by atoms with Gasteiger partial charge in [-0.15, -0.1) is 0 Å². The van der Waals surface area contributed by atoms with E-state index in [1.165, 1.54) is 23.5 Å². The summed E-state index contributed by atoms with van der Waals surface area (Å²) in [6.45, 7) is -0.107. The Bertz CT molecular complexity index is 1600. The molecule has 190 valence electrons. The lowest BCUT2D eigenvalue weighted by molar-refractivity contribution is 0.0881. The second kappa shape index (κ2) is 10.6. The molecular formula is C29H27NO6S. The first-order valence-electron chi connectivity index (χ1n) is 11.8. The van der Waals surface area contributed by atoms with E-state index < -0.39 is 16.1 Å². The van der Waals surface area contributed by atoms with Gasteiger partial charge in [0, 0.05) is 23.9 Å². The number of benzene rings is 4. The van der Waals surface area contributed by atoms with Gasteiger partial charge in [0.25, 0.3) is 0 Å². The Hall–Kier alpha value is -3.85. The van der Waals surface area contributed by atoms with Gasteiger partial charge in [0.05, 0.1) is 12.0 Å². The van der Waals surface area contributed by atoms with E-state index in [4.69, 9.17) is 13.9 Å². The molecule has 1 N–H and O–H groups in total. The topological polar surface area (TPSA) is 89.2 Å². The van der Waals surface area contributed by atoms with Crippen molar-refractivity contribution in [3.8, 4) is 11.5 Å². The van der Waals surface area contributed by atoms with Gasteiger partial charge in [0.1, 0.15) is 35.4 Å². The van der Waals surface area contributed by atoms with Crippen molar-refractivity contribution < 1.29 is 27.4 Å². The van der Waals surface area contributed by atoms with E-state index in [0.717, 1.165) is 27.5 Å². The summed E-state index contributed by atoms with van der Waals surface area (Å²) < 4.78 is 45.2. The van der Waals surface area contributed by atoms with Crippen molar-refractivity contribution in [1.82, 2.24) is 4.31 Å². The molecule has 0 saturated heterocycles. The molecule has 0 aliphatic rings. The lowest BCUT2D eigenvalue weighted by Gasteiger charge is -2.25. The fourth-order valence-electron chi connectivity index (χ4n) is 4.21. The van der Waals surface area contributed by atoms with Crippen molar-refractivity contribution >= 4 is 32.0 Å². The summed E-state index contributed by atoms with van der Waals surface area (Å²) in [7, 11) is -2.38. The molecule has 1 atom stereocenters. The molecule has 5 rings (SSSR count). The highest BCUT2D eigenvalue weighted by atomic mass is 32.2. The van der Waals surface area contributed by atoms with E-state index in [9.17, 15) is 13.5 Å². The Morgan fingerprint density at radius 3 is 2.27 bits per heavy atom. The number of rotatable bonds is 10. The average molecular weight is 518 g/mol. The van der Waals surface area contributed by atoms with E-state index in [1.807, 2.05) is 66.7 Å². The number of sulfonamides is 1. The Morgan fingerprint density at radius 1 is 0.838 bits per heavy atom. The molecule has 0 bridgehead atoms. The number of methoxy groups -OCH3 is 1. The van der Waals surface area contributed by atoms with Crippen LogP contribution in [0.4, 0.5) is 0 Å². The number of fused-ring (bicyclic) bond motifs is 3. The first-order chi connectivity index (χ1) is 17.9. The van der Waals surface area contributed by atoms with E-state index >= 15 is 0 Å². The van der Waals surface area contributed by atoms with E-state index in [1.54, 1.807) is 18.2 Å². The Labute approximate surface area is 215 Å². The van der Waals surface area contributed by atoms with Gasteiger partial charge in [-0.2, -0.15) is 4.31 Å². The van der Waals surface area contributed by atoms with Gasteiger partial charge in [-0.25, -0.2) is 8.42 Å². The number of ether oxygens (including phenoxy) is 2. The Morgan fingerprint density at radius 2 is 1.51 bits per heavy atom. The van der Waals surface area contributed by atoms with Crippen LogP contribution in [0.25, 0.3) is 21.9 Å². The van der Waals surface area contributed by atoms with Crippen molar-refractivity contribution in [2.45, 2.75) is 17.5 Å². The zero-order valence-electron chi connectivity index (χ0n) is 20.3. The van der Waals surface area contributed by atoms with Crippen LogP contribution in [-0.2, 0) is 16.6 Å². The molecule has 0 saturated carbocycles. The van der Waals surface area contributed by atoms with Crippen molar-refractivity contribution in [2.75, 3.05) is 20.3 Å². The summed E-state index contributed by atoms with van der Waals surface area (Å²) in [5.41, 5.74) is 2.34. The molecule has 7 nitrogen and oxygen atoms in total. The normalized spacial score (nSPS) is 12.7. The Kier molecular flexibility index (Phi) is 7.14. The number of para-hydroxylation sites is 1. The molecule has 0 spiro atoms. The summed E-state index contributed by atoms with van der Waals surface area (Å²) in [6.07, 6.45) is -1.06. The van der Waals surface area contributed by atoms with Crippen molar-refractivity contribution in [1.29, 1.82) is 0 Å². The van der Waals surface area contributed by atoms with Gasteiger partial charge in [0.2, 0.25) is 10.0 Å². The van der Waals surface area contributed by atoms with Gasteiger partial charge in [-0.1, -0.05) is 48.5 Å². The fraction of sp³-hybridized carbons (Fsp3) is 0.172. The summed E-state index contributed by atoms with van der Waals surface area (Å²) >= 11 is 0. The predicted octanol–water partition coefficient (Wildman–Crippen LogP) is 5.23. The van der Waals surface area contributed by atoms with Crippen LogP contribution in [0.2, 0.25) is 0 Å². The van der Waals surface area contributed by atoms with Crippen LogP contribution in [0.5, 0.6) is 11.5 Å². The molecule has 8 heteroatoms. The maximum Gasteiger partial charge on any atom is 0.243 e. The number of aliphatic hydroxyl groups is 1. The lowest BCUT2D eigenvalue weighted by Crippen LogP contribution is -2.39. The van der Waals surface area contributed by atoms with Crippen LogP contribution in [0, 0.1) is 0 Å². The Balaban J connectivity index is 1.33. The smallest absolute Gasteiger partial charge is 0.243 e. The van der Waals surface area contributed by atoms with Crippen molar-refractivity contribution in [3.63, 3.8) is 0 Å². The summed E-state index contributed by atoms with van der Waals surface area (Å²) in [6, 6.07) is 28.7. The van der Waals surface area contributed by atoms with E-state index in [2.05, 4.69) is 0 Å². The third-order valence-electron chi connectivity index (χ3n) is 6.10. The molecular weight excluding hydrogens is 490 g/mol. The third-order valence-corrected chi connectivity index (χ3v) is 7.93. The third kappa shape index (κ3) is 5.46. The molecule has 1 aromatic heterocycles. The average Bonchev–Trinajstić information content (AvgIpc) is 3.30. The maximum atomic E-state index is 13.5. The number of hydrogen-bond acceptors (Lipinski definition) is 6. The molecule has 0 unspecified atom stereocenters. The maximum absolute atomic E-state index is 13.5. The standard InChI is InChI=1S/C29H27NO6S/c1-34-23-11-14-25(15-12-23)37(32,33)30(18-21-7-3-2-4-8-21)19-22(31)20-35-24-13-16-29-27(17-24)26-9-5-6-10-28(26)36-29/h2-17,22,31H,18-20H2,1H3/t22-/m1/s1. The largest absolute Gasteiger partial charge is 0.497 e. The number of aliphatic hydroxyl groups excluding tert-OH is 1. The summed E-state index contributed by atoms with van der Waals surface area (Å²) in [5, 5.41) is 12.7. The molecule has 0 aliphatic carbocycles. The highest BCUT2D eigenvalue weighted by Crippen LogP contribution is 2.31. The van der Waals surface area contributed by atoms with E-state index in [0.29, 0.717) is 11.5 Å². The highest BCUT2D eigenvalue weighted by molar-refractivity contribution is 7.89. The molecule has 1 heterocycles. The van der Waals surface area contributed by atoms with Gasteiger partial charge < -0.3 is 19.0 Å². The molecule has 37 heavy (non-hydrogen) atoms. The van der Waals surface area contributed by atoms with Gasteiger partial charge >= 0.3 is 0 Å². The number of nitrogens with zero attached hydrogens (tertiary/aromatic N) is 1. The number of hydrogen-bond donors (Lipinski definition) is 1. The van der Waals surface area contributed by atoms with Gasteiger partial charge in [-0.3, -0.25) is 0 Å². The lowest BCUT2D eigenvalue weighted by atomic mass is 10.1. The van der Waals surface area contributed by atoms with Crippen molar-refractivity contribution in [2.24, 2.45) is 0 Å². The highest BCUT2D eigenvalue weighted by Gasteiger charge is 2.27. The monoisotopic (exact) mass is 517 g/mol. The van der Waals surface area contributed by atoms with Crippen LogP contribution in [0.15, 0.2) is 106 Å². The predicted molar refractivity (Wildman–Crippen MR) is 142 cm³/mol. The minimum absolute atomic E-state index is 0.0787. The second-order valence-corrected chi connectivity index (χ2v) is 10.6. The zero-order valence-corrected chi connectivity index (χ0v) is 21.1.